The molecule has 0 amide bonds. The Morgan fingerprint density at radius 1 is 1.17 bits per heavy atom. The minimum absolute atomic E-state index is 0. The molecule has 2 N–H and O–H groups in total. The predicted octanol–water partition coefficient (Wildman–Crippen LogP) is 3.61. The van der Waals surface area contributed by atoms with Gasteiger partial charge in [0, 0.05) is 44.3 Å². The summed E-state index contributed by atoms with van der Waals surface area (Å²) < 4.78 is 35.4. The number of hydrogen-bond donors (Lipinski definition) is 2. The third-order valence-corrected chi connectivity index (χ3v) is 5.91. The Balaban J connectivity index is 0.00000320. The summed E-state index contributed by atoms with van der Waals surface area (Å²) in [6.07, 6.45) is 6.11. The number of alkyl halides is 2. The molecule has 0 aromatic heterocycles. The molecule has 3 rings (SSSR count). The molecule has 1 aliphatic heterocycles. The van der Waals surface area contributed by atoms with Gasteiger partial charge in [-0.25, -0.2) is 0 Å². The van der Waals surface area contributed by atoms with E-state index < -0.39 is 6.61 Å². The molecule has 9 heteroatoms. The Morgan fingerprint density at radius 3 is 2.53 bits per heavy atom. The second-order valence-corrected chi connectivity index (χ2v) is 7.65. The van der Waals surface area contributed by atoms with Crippen LogP contribution in [0.15, 0.2) is 29.3 Å². The molecule has 0 atom stereocenters. The predicted molar refractivity (Wildman–Crippen MR) is 125 cm³/mol. The first-order valence-corrected chi connectivity index (χ1v) is 10.4. The molecule has 0 unspecified atom stereocenters. The number of aliphatic imine (C=N–C) groups is 1. The lowest BCUT2D eigenvalue weighted by molar-refractivity contribution is -0.0504. The van der Waals surface area contributed by atoms with Gasteiger partial charge in [0.2, 0.25) is 0 Å². The average Bonchev–Trinajstić information content (AvgIpc) is 2.76. The van der Waals surface area contributed by atoms with Crippen LogP contribution < -0.4 is 15.4 Å². The quantitative estimate of drug-likeness (QED) is 0.316. The number of halogens is 3. The highest BCUT2D eigenvalue weighted by Crippen LogP contribution is 2.33. The summed E-state index contributed by atoms with van der Waals surface area (Å²) in [5, 5.41) is 6.71. The van der Waals surface area contributed by atoms with Gasteiger partial charge in [-0.3, -0.25) is 9.89 Å². The molecule has 1 aromatic carbocycles. The molecule has 2 aliphatic rings. The lowest BCUT2D eigenvalue weighted by Gasteiger charge is -2.48. The van der Waals surface area contributed by atoms with Crippen molar-refractivity contribution in [3.63, 3.8) is 0 Å². The molecule has 1 aromatic rings. The molecule has 1 aliphatic carbocycles. The monoisotopic (exact) mass is 538 g/mol. The third-order valence-electron chi connectivity index (χ3n) is 5.91. The van der Waals surface area contributed by atoms with E-state index in [4.69, 9.17) is 4.74 Å². The van der Waals surface area contributed by atoms with Crippen molar-refractivity contribution in [3.8, 4) is 5.75 Å². The first-order chi connectivity index (χ1) is 14.1. The smallest absolute Gasteiger partial charge is 0.387 e. The van der Waals surface area contributed by atoms with E-state index in [1.165, 1.54) is 32.1 Å². The van der Waals surface area contributed by atoms with Crippen LogP contribution in [0.25, 0.3) is 0 Å². The van der Waals surface area contributed by atoms with Crippen LogP contribution in [0, 0.1) is 0 Å². The molecule has 0 spiro atoms. The zero-order valence-electron chi connectivity index (χ0n) is 17.5. The zero-order valence-corrected chi connectivity index (χ0v) is 19.9. The summed E-state index contributed by atoms with van der Waals surface area (Å²) in [7, 11) is 1.72. The van der Waals surface area contributed by atoms with Crippen LogP contribution in [0.2, 0.25) is 0 Å². The van der Waals surface area contributed by atoms with Crippen LogP contribution in [0.5, 0.6) is 5.75 Å². The summed E-state index contributed by atoms with van der Waals surface area (Å²) in [5.74, 6) is 0.845. The molecule has 1 saturated heterocycles. The van der Waals surface area contributed by atoms with Gasteiger partial charge >= 0.3 is 6.61 Å². The largest absolute Gasteiger partial charge is 0.434 e. The number of hydrogen-bond acceptors (Lipinski definition) is 4. The van der Waals surface area contributed by atoms with Crippen molar-refractivity contribution in [2.75, 3.05) is 39.9 Å². The van der Waals surface area contributed by atoms with E-state index in [0.29, 0.717) is 18.1 Å². The SMILES string of the molecule is CN=C(NCc1ccccc1OC(F)F)NCC1(N2CCOCC2)CCCCC1.I. The summed E-state index contributed by atoms with van der Waals surface area (Å²) in [6.45, 7) is 1.83. The van der Waals surface area contributed by atoms with Crippen molar-refractivity contribution in [1.29, 1.82) is 0 Å². The van der Waals surface area contributed by atoms with Gasteiger partial charge in [-0.15, -0.1) is 24.0 Å². The van der Waals surface area contributed by atoms with Gasteiger partial charge in [-0.1, -0.05) is 37.5 Å². The van der Waals surface area contributed by atoms with Crippen molar-refractivity contribution in [2.45, 2.75) is 50.8 Å². The highest BCUT2D eigenvalue weighted by atomic mass is 127. The Labute approximate surface area is 194 Å². The molecule has 0 bridgehead atoms. The van der Waals surface area contributed by atoms with Crippen LogP contribution in [0.3, 0.4) is 0 Å². The Kier molecular flexibility index (Phi) is 10.5. The van der Waals surface area contributed by atoms with E-state index in [1.807, 2.05) is 0 Å². The number of morpholine rings is 1. The third kappa shape index (κ3) is 6.91. The molecular weight excluding hydrogens is 505 g/mol. The molecule has 1 heterocycles. The summed E-state index contributed by atoms with van der Waals surface area (Å²) in [5.41, 5.74) is 0.785. The number of nitrogens with one attached hydrogen (secondary N) is 2. The first-order valence-electron chi connectivity index (χ1n) is 10.4. The normalized spacial score (nSPS) is 19.8. The number of nitrogens with zero attached hydrogens (tertiary/aromatic N) is 2. The second kappa shape index (κ2) is 12.6. The van der Waals surface area contributed by atoms with Crippen LogP contribution in [0.1, 0.15) is 37.7 Å². The van der Waals surface area contributed by atoms with Crippen molar-refractivity contribution in [3.05, 3.63) is 29.8 Å². The molecule has 2 fully saturated rings. The van der Waals surface area contributed by atoms with Gasteiger partial charge < -0.3 is 20.1 Å². The number of benzene rings is 1. The van der Waals surface area contributed by atoms with Crippen molar-refractivity contribution >= 4 is 29.9 Å². The molecule has 1 saturated carbocycles. The lowest BCUT2D eigenvalue weighted by Crippen LogP contribution is -2.60. The highest BCUT2D eigenvalue weighted by Gasteiger charge is 2.38. The second-order valence-electron chi connectivity index (χ2n) is 7.65. The van der Waals surface area contributed by atoms with E-state index >= 15 is 0 Å². The fourth-order valence-electron chi connectivity index (χ4n) is 4.36. The summed E-state index contributed by atoms with van der Waals surface area (Å²) >= 11 is 0. The van der Waals surface area contributed by atoms with E-state index in [-0.39, 0.29) is 35.3 Å². The van der Waals surface area contributed by atoms with Gasteiger partial charge in [0.1, 0.15) is 5.75 Å². The van der Waals surface area contributed by atoms with E-state index in [1.54, 1.807) is 31.3 Å². The molecule has 6 nitrogen and oxygen atoms in total. The van der Waals surface area contributed by atoms with Gasteiger partial charge in [-0.2, -0.15) is 8.78 Å². The topological polar surface area (TPSA) is 58.1 Å². The summed E-state index contributed by atoms with van der Waals surface area (Å²) in [6, 6.07) is 6.81. The number of ether oxygens (including phenoxy) is 2. The van der Waals surface area contributed by atoms with Gasteiger partial charge in [-0.05, 0) is 18.9 Å². The molecule has 30 heavy (non-hydrogen) atoms. The molecule has 170 valence electrons. The van der Waals surface area contributed by atoms with Gasteiger partial charge in [0.15, 0.2) is 5.96 Å². The Bertz CT molecular complexity index is 666. The standard InChI is InChI=1S/C21H32F2N4O2.HI/c1-24-20(25-15-17-7-3-4-8-18(17)29-19(22)23)26-16-21(9-5-2-6-10-21)27-11-13-28-14-12-27;/h3-4,7-8,19H,2,5-6,9-16H2,1H3,(H2,24,25,26);1H. The van der Waals surface area contributed by atoms with Crippen molar-refractivity contribution < 1.29 is 18.3 Å². The zero-order chi connectivity index (χ0) is 20.5. The first kappa shape index (κ1) is 25.1. The van der Waals surface area contributed by atoms with Crippen LogP contribution >= 0.6 is 24.0 Å². The van der Waals surface area contributed by atoms with E-state index in [0.717, 1.165) is 32.8 Å². The Hall–Kier alpha value is -1.20. The lowest BCUT2D eigenvalue weighted by atomic mass is 9.80. The van der Waals surface area contributed by atoms with Crippen molar-refractivity contribution in [1.82, 2.24) is 15.5 Å². The summed E-state index contributed by atoms with van der Waals surface area (Å²) in [4.78, 5) is 6.89. The number of para-hydroxylation sites is 1. The van der Waals surface area contributed by atoms with E-state index in [2.05, 4.69) is 25.3 Å². The minimum Gasteiger partial charge on any atom is -0.434 e. The van der Waals surface area contributed by atoms with Gasteiger partial charge in [0.25, 0.3) is 0 Å². The van der Waals surface area contributed by atoms with Gasteiger partial charge in [0.05, 0.1) is 13.2 Å². The molecular formula is C21H33F2IN4O2. The maximum absolute atomic E-state index is 12.6. The average molecular weight is 538 g/mol. The fraction of sp³-hybridized carbons (Fsp3) is 0.667. The van der Waals surface area contributed by atoms with Crippen LogP contribution in [0.4, 0.5) is 8.78 Å². The number of guanidine groups is 1. The highest BCUT2D eigenvalue weighted by molar-refractivity contribution is 14.0. The molecule has 0 radical (unpaired) electrons. The minimum atomic E-state index is -2.84. The van der Waals surface area contributed by atoms with Crippen molar-refractivity contribution in [2.24, 2.45) is 4.99 Å². The van der Waals surface area contributed by atoms with Crippen LogP contribution in [-0.2, 0) is 11.3 Å². The van der Waals surface area contributed by atoms with Crippen LogP contribution in [-0.4, -0.2) is 62.9 Å². The maximum atomic E-state index is 12.6. The number of rotatable bonds is 7. The fourth-order valence-corrected chi connectivity index (χ4v) is 4.36. The van der Waals surface area contributed by atoms with E-state index in [9.17, 15) is 8.78 Å². The Morgan fingerprint density at radius 2 is 1.87 bits per heavy atom. The maximum Gasteiger partial charge on any atom is 0.387 e.